The number of hydrogen-bond donors (Lipinski definition) is 1. The minimum absolute atomic E-state index is 0.0164. The second kappa shape index (κ2) is 4.99. The Balaban J connectivity index is 2.02. The summed E-state index contributed by atoms with van der Waals surface area (Å²) in [6.07, 6.45) is 4.52. The molecule has 0 aromatic carbocycles. The van der Waals surface area contributed by atoms with E-state index in [1.54, 1.807) is 6.20 Å². The van der Waals surface area contributed by atoms with Gasteiger partial charge in [0.2, 0.25) is 5.89 Å². The van der Waals surface area contributed by atoms with E-state index >= 15 is 0 Å². The zero-order valence-corrected chi connectivity index (χ0v) is 10.3. The molecule has 0 radical (unpaired) electrons. The minimum Gasteiger partial charge on any atom is -0.371 e. The molecule has 1 atom stereocenters. The lowest BCUT2D eigenvalue weighted by Gasteiger charge is -2.07. The van der Waals surface area contributed by atoms with Crippen LogP contribution in [0.25, 0.3) is 0 Å². The third kappa shape index (κ3) is 2.64. The van der Waals surface area contributed by atoms with E-state index in [0.29, 0.717) is 5.89 Å². The van der Waals surface area contributed by atoms with E-state index in [9.17, 15) is 0 Å². The Labute approximate surface area is 100 Å². The number of aromatic nitrogens is 4. The maximum atomic E-state index is 5.17. The Morgan fingerprint density at radius 1 is 1.47 bits per heavy atom. The van der Waals surface area contributed by atoms with Gasteiger partial charge in [0, 0.05) is 19.2 Å². The van der Waals surface area contributed by atoms with Crippen LogP contribution in [0.4, 0.5) is 5.69 Å². The van der Waals surface area contributed by atoms with Crippen LogP contribution >= 0.6 is 0 Å². The van der Waals surface area contributed by atoms with E-state index in [0.717, 1.165) is 24.5 Å². The number of rotatable bonds is 5. The Hall–Kier alpha value is -1.85. The lowest BCUT2D eigenvalue weighted by atomic mass is 10.3. The molecule has 0 amide bonds. The molecule has 0 aliphatic heterocycles. The van der Waals surface area contributed by atoms with Gasteiger partial charge in [0.15, 0.2) is 5.82 Å². The zero-order chi connectivity index (χ0) is 12.3. The summed E-state index contributed by atoms with van der Waals surface area (Å²) in [4.78, 5) is 4.28. The van der Waals surface area contributed by atoms with Crippen LogP contribution in [0, 0.1) is 0 Å². The molecule has 1 unspecified atom stereocenters. The molecule has 17 heavy (non-hydrogen) atoms. The molecule has 0 aliphatic carbocycles. The first kappa shape index (κ1) is 11.6. The van der Waals surface area contributed by atoms with Crippen molar-refractivity contribution >= 4 is 5.69 Å². The fourth-order valence-corrected chi connectivity index (χ4v) is 1.51. The number of nitrogens with zero attached hydrogens (tertiary/aromatic N) is 4. The lowest BCUT2D eigenvalue weighted by molar-refractivity contribution is 0.363. The molecule has 2 rings (SSSR count). The predicted molar refractivity (Wildman–Crippen MR) is 63.6 cm³/mol. The summed E-state index contributed by atoms with van der Waals surface area (Å²) in [5.74, 6) is 1.34. The van der Waals surface area contributed by atoms with Crippen LogP contribution in [0.1, 0.15) is 38.5 Å². The molecule has 0 aliphatic rings. The van der Waals surface area contributed by atoms with Crippen molar-refractivity contribution in [2.24, 2.45) is 0 Å². The Bertz CT molecular complexity index is 476. The van der Waals surface area contributed by atoms with Crippen LogP contribution in [0.5, 0.6) is 0 Å². The van der Waals surface area contributed by atoms with Gasteiger partial charge in [-0.15, -0.1) is 0 Å². The van der Waals surface area contributed by atoms with Gasteiger partial charge in [-0.05, 0) is 13.8 Å². The summed E-state index contributed by atoms with van der Waals surface area (Å²) in [5, 5.41) is 11.3. The van der Waals surface area contributed by atoms with Crippen LogP contribution in [-0.4, -0.2) is 19.9 Å². The van der Waals surface area contributed by atoms with Gasteiger partial charge in [-0.2, -0.15) is 10.1 Å². The van der Waals surface area contributed by atoms with Crippen molar-refractivity contribution in [3.05, 3.63) is 24.1 Å². The molecule has 92 valence electrons. The Morgan fingerprint density at radius 2 is 2.29 bits per heavy atom. The molecular weight excluding hydrogens is 218 g/mol. The van der Waals surface area contributed by atoms with Crippen molar-refractivity contribution < 1.29 is 4.52 Å². The second-order valence-electron chi connectivity index (χ2n) is 3.85. The SMILES string of the molecule is CCc1noc(C(C)Nc2cnn(CC)c2)n1. The molecule has 1 N–H and O–H groups in total. The summed E-state index contributed by atoms with van der Waals surface area (Å²) < 4.78 is 7.03. The molecule has 6 heteroatoms. The van der Waals surface area contributed by atoms with Crippen LogP contribution in [0.2, 0.25) is 0 Å². The van der Waals surface area contributed by atoms with Gasteiger partial charge in [0.1, 0.15) is 6.04 Å². The van der Waals surface area contributed by atoms with Gasteiger partial charge in [-0.3, -0.25) is 4.68 Å². The highest BCUT2D eigenvalue weighted by molar-refractivity contribution is 5.39. The first-order valence-electron chi connectivity index (χ1n) is 5.84. The smallest absolute Gasteiger partial charge is 0.248 e. The molecule has 2 aromatic rings. The van der Waals surface area contributed by atoms with E-state index in [4.69, 9.17) is 4.52 Å². The van der Waals surface area contributed by atoms with Crippen LogP contribution in [0.3, 0.4) is 0 Å². The molecule has 6 nitrogen and oxygen atoms in total. The van der Waals surface area contributed by atoms with Crippen molar-refractivity contribution in [2.45, 2.75) is 39.8 Å². The predicted octanol–water partition coefficient (Wildman–Crippen LogP) is 2.02. The average Bonchev–Trinajstić information content (AvgIpc) is 2.96. The van der Waals surface area contributed by atoms with Gasteiger partial charge in [-0.25, -0.2) is 0 Å². The summed E-state index contributed by atoms with van der Waals surface area (Å²) in [6, 6.07) is -0.0164. The minimum atomic E-state index is -0.0164. The van der Waals surface area contributed by atoms with Crippen molar-refractivity contribution in [1.29, 1.82) is 0 Å². The molecule has 0 spiro atoms. The third-order valence-corrected chi connectivity index (χ3v) is 2.51. The first-order valence-corrected chi connectivity index (χ1v) is 5.84. The standard InChI is InChI=1S/C11H17N5O/c1-4-10-14-11(17-15-10)8(3)13-9-6-12-16(5-2)7-9/h6-8,13H,4-5H2,1-3H3. The van der Waals surface area contributed by atoms with Gasteiger partial charge < -0.3 is 9.84 Å². The summed E-state index contributed by atoms with van der Waals surface area (Å²) in [7, 11) is 0. The van der Waals surface area contributed by atoms with E-state index in [-0.39, 0.29) is 6.04 Å². The quantitative estimate of drug-likeness (QED) is 0.858. The second-order valence-corrected chi connectivity index (χ2v) is 3.85. The average molecular weight is 235 g/mol. The molecule has 2 aromatic heterocycles. The highest BCUT2D eigenvalue weighted by Gasteiger charge is 2.13. The van der Waals surface area contributed by atoms with Gasteiger partial charge in [-0.1, -0.05) is 12.1 Å². The fourth-order valence-electron chi connectivity index (χ4n) is 1.51. The number of aryl methyl sites for hydroxylation is 2. The van der Waals surface area contributed by atoms with Crippen LogP contribution in [-0.2, 0) is 13.0 Å². The highest BCUT2D eigenvalue weighted by atomic mass is 16.5. The first-order chi connectivity index (χ1) is 8.22. The van der Waals surface area contributed by atoms with Crippen LogP contribution < -0.4 is 5.32 Å². The van der Waals surface area contributed by atoms with Gasteiger partial charge in [0.25, 0.3) is 0 Å². The van der Waals surface area contributed by atoms with Crippen molar-refractivity contribution in [1.82, 2.24) is 19.9 Å². The van der Waals surface area contributed by atoms with Crippen molar-refractivity contribution in [2.75, 3.05) is 5.32 Å². The topological polar surface area (TPSA) is 68.8 Å². The Morgan fingerprint density at radius 3 is 2.88 bits per heavy atom. The van der Waals surface area contributed by atoms with Crippen molar-refractivity contribution in [3.8, 4) is 0 Å². The largest absolute Gasteiger partial charge is 0.371 e. The Kier molecular flexibility index (Phi) is 3.41. The number of anilines is 1. The van der Waals surface area contributed by atoms with E-state index in [1.165, 1.54) is 0 Å². The van der Waals surface area contributed by atoms with Gasteiger partial charge in [0.05, 0.1) is 11.9 Å². The van der Waals surface area contributed by atoms with E-state index < -0.39 is 0 Å². The molecule has 2 heterocycles. The van der Waals surface area contributed by atoms with Gasteiger partial charge >= 0.3 is 0 Å². The fraction of sp³-hybridized carbons (Fsp3) is 0.545. The summed E-state index contributed by atoms with van der Waals surface area (Å²) in [5.41, 5.74) is 0.954. The highest BCUT2D eigenvalue weighted by Crippen LogP contribution is 2.17. The normalized spacial score (nSPS) is 12.6. The number of hydrogen-bond acceptors (Lipinski definition) is 5. The summed E-state index contributed by atoms with van der Waals surface area (Å²) in [6.45, 7) is 6.89. The van der Waals surface area contributed by atoms with Crippen LogP contribution in [0.15, 0.2) is 16.9 Å². The number of nitrogens with one attached hydrogen (secondary N) is 1. The van der Waals surface area contributed by atoms with Crippen molar-refractivity contribution in [3.63, 3.8) is 0 Å². The van der Waals surface area contributed by atoms with E-state index in [2.05, 4.69) is 20.6 Å². The maximum Gasteiger partial charge on any atom is 0.248 e. The lowest BCUT2D eigenvalue weighted by Crippen LogP contribution is -2.06. The zero-order valence-electron chi connectivity index (χ0n) is 10.3. The van der Waals surface area contributed by atoms with E-state index in [1.807, 2.05) is 31.6 Å². The third-order valence-electron chi connectivity index (χ3n) is 2.51. The molecule has 0 bridgehead atoms. The maximum absolute atomic E-state index is 5.17. The monoisotopic (exact) mass is 235 g/mol. The molecule has 0 fully saturated rings. The molecular formula is C11H17N5O. The summed E-state index contributed by atoms with van der Waals surface area (Å²) >= 11 is 0. The molecule has 0 saturated carbocycles. The molecule has 0 saturated heterocycles.